The van der Waals surface area contributed by atoms with E-state index in [4.69, 9.17) is 0 Å². The molecule has 0 amide bonds. The Morgan fingerprint density at radius 2 is 1.95 bits per heavy atom. The van der Waals surface area contributed by atoms with E-state index >= 15 is 0 Å². The zero-order chi connectivity index (χ0) is 14.8. The van der Waals surface area contributed by atoms with Crippen molar-refractivity contribution in [1.29, 1.82) is 0 Å². The summed E-state index contributed by atoms with van der Waals surface area (Å²) in [5.74, 6) is -0.662. The van der Waals surface area contributed by atoms with Gasteiger partial charge in [0.05, 0.1) is 12.8 Å². The van der Waals surface area contributed by atoms with E-state index in [-0.39, 0.29) is 9.77 Å². The van der Waals surface area contributed by atoms with Crippen molar-refractivity contribution in [2.75, 3.05) is 11.8 Å². The third-order valence-electron chi connectivity index (χ3n) is 2.68. The number of methoxy groups -OCH3 is 1. The van der Waals surface area contributed by atoms with E-state index in [2.05, 4.69) is 9.46 Å². The molecule has 20 heavy (non-hydrogen) atoms. The first kappa shape index (κ1) is 14.5. The fraction of sp³-hybridized carbons (Fsp3) is 0.154. The van der Waals surface area contributed by atoms with Crippen molar-refractivity contribution in [3.8, 4) is 0 Å². The monoisotopic (exact) mass is 311 g/mol. The number of para-hydroxylation sites is 1. The highest BCUT2D eigenvalue weighted by Gasteiger charge is 2.24. The second-order valence-electron chi connectivity index (χ2n) is 4.03. The average molecular weight is 311 g/mol. The fourth-order valence-electron chi connectivity index (χ4n) is 1.64. The number of benzene rings is 1. The molecular formula is C13H13NO4S2. The molecule has 0 aliphatic heterocycles. The van der Waals surface area contributed by atoms with Gasteiger partial charge >= 0.3 is 5.97 Å². The SMILES string of the molecule is COC(=O)c1sccc1S(=O)(=O)Nc1ccccc1C. The minimum Gasteiger partial charge on any atom is -0.465 e. The van der Waals surface area contributed by atoms with Crippen LogP contribution in [0, 0.1) is 6.92 Å². The predicted molar refractivity (Wildman–Crippen MR) is 77.6 cm³/mol. The number of carbonyl (C=O) groups excluding carboxylic acids is 1. The standard InChI is InChI=1S/C13H13NO4S2/c1-9-5-3-4-6-10(9)14-20(16,17)11-7-8-19-12(11)13(15)18-2/h3-8,14H,1-2H3. The van der Waals surface area contributed by atoms with Gasteiger partial charge < -0.3 is 4.74 Å². The molecule has 0 saturated heterocycles. The molecule has 1 N–H and O–H groups in total. The third kappa shape index (κ3) is 2.83. The topological polar surface area (TPSA) is 72.5 Å². The van der Waals surface area contributed by atoms with E-state index in [9.17, 15) is 13.2 Å². The molecule has 5 nitrogen and oxygen atoms in total. The van der Waals surface area contributed by atoms with Crippen LogP contribution in [-0.4, -0.2) is 21.5 Å². The van der Waals surface area contributed by atoms with E-state index in [1.54, 1.807) is 30.5 Å². The van der Waals surface area contributed by atoms with Gasteiger partial charge in [-0.1, -0.05) is 18.2 Å². The van der Waals surface area contributed by atoms with E-state index < -0.39 is 16.0 Å². The van der Waals surface area contributed by atoms with Crippen LogP contribution in [0.1, 0.15) is 15.2 Å². The van der Waals surface area contributed by atoms with Crippen LogP contribution in [0.25, 0.3) is 0 Å². The molecule has 2 aromatic rings. The Kier molecular flexibility index (Phi) is 4.10. The van der Waals surface area contributed by atoms with Crippen LogP contribution in [0.15, 0.2) is 40.6 Å². The van der Waals surface area contributed by atoms with Crippen molar-refractivity contribution in [3.63, 3.8) is 0 Å². The zero-order valence-corrected chi connectivity index (χ0v) is 12.5. The first-order valence-corrected chi connectivity index (χ1v) is 8.06. The molecule has 2 rings (SSSR count). The number of aryl methyl sites for hydroxylation is 1. The molecule has 0 radical (unpaired) electrons. The Bertz CT molecular complexity index is 734. The molecule has 1 aromatic heterocycles. The highest BCUT2D eigenvalue weighted by molar-refractivity contribution is 7.93. The third-order valence-corrected chi connectivity index (χ3v) is 5.11. The van der Waals surface area contributed by atoms with Gasteiger partial charge in [-0.15, -0.1) is 11.3 Å². The van der Waals surface area contributed by atoms with Crippen LogP contribution >= 0.6 is 11.3 Å². The van der Waals surface area contributed by atoms with Gasteiger partial charge in [0.25, 0.3) is 10.0 Å². The minimum absolute atomic E-state index is 0.0635. The summed E-state index contributed by atoms with van der Waals surface area (Å²) in [4.78, 5) is 11.5. The summed E-state index contributed by atoms with van der Waals surface area (Å²) in [5, 5.41) is 1.54. The number of esters is 1. The number of sulfonamides is 1. The van der Waals surface area contributed by atoms with Crippen molar-refractivity contribution >= 4 is 33.0 Å². The number of rotatable bonds is 4. The predicted octanol–water partition coefficient (Wildman–Crippen LogP) is 2.64. The summed E-state index contributed by atoms with van der Waals surface area (Å²) in [6.07, 6.45) is 0. The van der Waals surface area contributed by atoms with Gasteiger partial charge in [0.2, 0.25) is 0 Å². The molecule has 106 valence electrons. The number of ether oxygens (including phenoxy) is 1. The first-order chi connectivity index (χ1) is 9.45. The molecule has 0 aliphatic carbocycles. The lowest BCUT2D eigenvalue weighted by atomic mass is 10.2. The van der Waals surface area contributed by atoms with Crippen LogP contribution in [0.2, 0.25) is 0 Å². The largest absolute Gasteiger partial charge is 0.465 e. The fourth-order valence-corrected chi connectivity index (χ4v) is 4.10. The Morgan fingerprint density at radius 3 is 2.60 bits per heavy atom. The Hall–Kier alpha value is -1.86. The Balaban J connectivity index is 2.40. The molecular weight excluding hydrogens is 298 g/mol. The van der Waals surface area contributed by atoms with Crippen LogP contribution in [-0.2, 0) is 14.8 Å². The summed E-state index contributed by atoms with van der Waals surface area (Å²) in [6, 6.07) is 8.40. The number of thiophene rings is 1. The molecule has 0 atom stereocenters. The van der Waals surface area contributed by atoms with Gasteiger partial charge in [-0.05, 0) is 30.0 Å². The lowest BCUT2D eigenvalue weighted by Gasteiger charge is -2.10. The van der Waals surface area contributed by atoms with Crippen molar-refractivity contribution in [1.82, 2.24) is 0 Å². The first-order valence-electron chi connectivity index (χ1n) is 5.70. The molecule has 0 bridgehead atoms. The van der Waals surface area contributed by atoms with Crippen molar-refractivity contribution in [3.05, 3.63) is 46.2 Å². The quantitative estimate of drug-likeness (QED) is 0.881. The highest BCUT2D eigenvalue weighted by atomic mass is 32.2. The summed E-state index contributed by atoms with van der Waals surface area (Å²) >= 11 is 1.03. The average Bonchev–Trinajstić information content (AvgIpc) is 2.90. The summed E-state index contributed by atoms with van der Waals surface area (Å²) in [7, 11) is -2.60. The smallest absolute Gasteiger partial charge is 0.349 e. The van der Waals surface area contributed by atoms with Gasteiger partial charge in [0, 0.05) is 0 Å². The molecule has 0 spiro atoms. The lowest BCUT2D eigenvalue weighted by Crippen LogP contribution is -2.16. The van der Waals surface area contributed by atoms with Crippen LogP contribution < -0.4 is 4.72 Å². The second kappa shape index (κ2) is 5.64. The van der Waals surface area contributed by atoms with Crippen molar-refractivity contribution in [2.45, 2.75) is 11.8 Å². The lowest BCUT2D eigenvalue weighted by molar-refractivity contribution is 0.0602. The van der Waals surface area contributed by atoms with Crippen molar-refractivity contribution in [2.24, 2.45) is 0 Å². The van der Waals surface area contributed by atoms with Gasteiger partial charge in [0.1, 0.15) is 9.77 Å². The number of hydrogen-bond acceptors (Lipinski definition) is 5. The molecule has 0 aliphatic rings. The van der Waals surface area contributed by atoms with Gasteiger partial charge in [-0.2, -0.15) is 0 Å². The molecule has 1 heterocycles. The molecule has 0 saturated carbocycles. The minimum atomic E-state index is -3.82. The van der Waals surface area contributed by atoms with Crippen LogP contribution in [0.5, 0.6) is 0 Å². The zero-order valence-electron chi connectivity index (χ0n) is 10.9. The highest BCUT2D eigenvalue weighted by Crippen LogP contribution is 2.26. The van der Waals surface area contributed by atoms with Gasteiger partial charge in [-0.25, -0.2) is 13.2 Å². The number of anilines is 1. The second-order valence-corrected chi connectivity index (χ2v) is 6.59. The van der Waals surface area contributed by atoms with Gasteiger partial charge in [-0.3, -0.25) is 4.72 Å². The summed E-state index contributed by atoms with van der Waals surface area (Å²) in [6.45, 7) is 1.80. The summed E-state index contributed by atoms with van der Waals surface area (Å²) in [5.41, 5.74) is 1.28. The van der Waals surface area contributed by atoms with Gasteiger partial charge in [0.15, 0.2) is 0 Å². The maximum atomic E-state index is 12.3. The maximum Gasteiger partial charge on any atom is 0.349 e. The van der Waals surface area contributed by atoms with Crippen molar-refractivity contribution < 1.29 is 17.9 Å². The molecule has 0 unspecified atom stereocenters. The van der Waals surface area contributed by atoms with E-state index in [1.807, 2.05) is 6.07 Å². The normalized spacial score (nSPS) is 11.1. The van der Waals surface area contributed by atoms with Crippen LogP contribution in [0.4, 0.5) is 5.69 Å². The molecule has 1 aromatic carbocycles. The maximum absolute atomic E-state index is 12.3. The molecule has 7 heteroatoms. The number of carbonyl (C=O) groups is 1. The Labute approximate surface area is 121 Å². The number of nitrogens with one attached hydrogen (secondary N) is 1. The van der Waals surface area contributed by atoms with E-state index in [1.165, 1.54) is 13.2 Å². The molecule has 0 fully saturated rings. The Morgan fingerprint density at radius 1 is 1.25 bits per heavy atom. The number of hydrogen-bond donors (Lipinski definition) is 1. The van der Waals surface area contributed by atoms with E-state index in [0.717, 1.165) is 16.9 Å². The van der Waals surface area contributed by atoms with E-state index in [0.29, 0.717) is 5.69 Å². The summed E-state index contributed by atoms with van der Waals surface area (Å²) < 4.78 is 31.8. The van der Waals surface area contributed by atoms with Crippen LogP contribution in [0.3, 0.4) is 0 Å².